The molecule has 2 N–H and O–H groups in total. The predicted molar refractivity (Wildman–Crippen MR) is 145 cm³/mol. The van der Waals surface area contributed by atoms with Crippen LogP contribution in [0, 0.1) is 0 Å². The molecule has 37 heavy (non-hydrogen) atoms. The van der Waals surface area contributed by atoms with E-state index >= 15 is 0 Å². The molecule has 0 spiro atoms. The number of anilines is 1. The van der Waals surface area contributed by atoms with Gasteiger partial charge in [-0.1, -0.05) is 63.1 Å². The van der Waals surface area contributed by atoms with Gasteiger partial charge in [-0.3, -0.25) is 4.79 Å². The normalized spacial score (nSPS) is 10.1. The van der Waals surface area contributed by atoms with Crippen LogP contribution in [0.4, 0.5) is 5.69 Å². The van der Waals surface area contributed by atoms with E-state index in [1.54, 1.807) is 66.7 Å². The zero-order chi connectivity index (χ0) is 27.2. The summed E-state index contributed by atoms with van der Waals surface area (Å²) in [5.74, 6) is -1.94. The summed E-state index contributed by atoms with van der Waals surface area (Å²) in [6.45, 7) is 6.12. The van der Waals surface area contributed by atoms with Crippen LogP contribution in [0.2, 0.25) is 0 Å². The van der Waals surface area contributed by atoms with Crippen LogP contribution in [0.3, 0.4) is 0 Å². The molecule has 0 radical (unpaired) electrons. The molecular weight excluding hydrogens is 470 g/mol. The van der Waals surface area contributed by atoms with Crippen LogP contribution in [-0.2, 0) is 4.74 Å². The lowest BCUT2D eigenvalue weighted by Gasteiger charge is -2.25. The fourth-order valence-electron chi connectivity index (χ4n) is 3.67. The quantitative estimate of drug-likeness (QED) is 0.236. The van der Waals surface area contributed by atoms with E-state index in [1.807, 2.05) is 6.07 Å². The molecule has 7 heteroatoms. The number of nitrogens with zero attached hydrogens (tertiary/aromatic N) is 1. The Morgan fingerprint density at radius 2 is 1.35 bits per heavy atom. The average molecular weight is 506 g/mol. The molecule has 0 aromatic heterocycles. The number of carboxylic acids is 1. The number of aromatic carboxylic acids is 1. The van der Waals surface area contributed by atoms with Crippen LogP contribution in [0.1, 0.15) is 76.2 Å². The van der Waals surface area contributed by atoms with E-state index in [2.05, 4.69) is 18.7 Å². The molecule has 0 aliphatic carbocycles. The standard InChI is InChI=1S/C23H29NO4.C7H6O2/c1-4-6-14-24(15-7-5-2)17-12-13-20(21(25)16-17)22(26)18-10-8-9-11-19(18)23(27)28-3;8-7(9)6-4-2-1-3-5-6/h8-13,16,25H,4-7,14-15H2,1-3H3;1-5H,(H,8,9). The molecule has 0 aliphatic rings. The molecule has 196 valence electrons. The van der Waals surface area contributed by atoms with Gasteiger partial charge in [0.15, 0.2) is 5.78 Å². The minimum Gasteiger partial charge on any atom is -0.507 e. The Morgan fingerprint density at radius 1 is 0.784 bits per heavy atom. The Morgan fingerprint density at radius 3 is 1.84 bits per heavy atom. The number of esters is 1. The first-order valence-corrected chi connectivity index (χ1v) is 12.4. The highest BCUT2D eigenvalue weighted by molar-refractivity contribution is 6.15. The summed E-state index contributed by atoms with van der Waals surface area (Å²) in [7, 11) is 1.27. The summed E-state index contributed by atoms with van der Waals surface area (Å²) in [5.41, 5.74) is 1.80. The number of benzene rings is 3. The van der Waals surface area contributed by atoms with Crippen molar-refractivity contribution in [2.75, 3.05) is 25.1 Å². The highest BCUT2D eigenvalue weighted by Gasteiger charge is 2.21. The summed E-state index contributed by atoms with van der Waals surface area (Å²) in [4.78, 5) is 37.3. The summed E-state index contributed by atoms with van der Waals surface area (Å²) < 4.78 is 4.76. The van der Waals surface area contributed by atoms with E-state index < -0.39 is 17.7 Å². The van der Waals surface area contributed by atoms with Crippen molar-refractivity contribution in [3.05, 3.63) is 95.1 Å². The van der Waals surface area contributed by atoms with Gasteiger partial charge in [0.25, 0.3) is 0 Å². The molecule has 3 aromatic carbocycles. The third-order valence-corrected chi connectivity index (χ3v) is 5.75. The van der Waals surface area contributed by atoms with Crippen molar-refractivity contribution in [3.63, 3.8) is 0 Å². The zero-order valence-electron chi connectivity index (χ0n) is 21.6. The van der Waals surface area contributed by atoms with E-state index in [9.17, 15) is 19.5 Å². The molecule has 0 atom stereocenters. The molecular formula is C30H35NO6. The average Bonchev–Trinajstić information content (AvgIpc) is 2.93. The summed E-state index contributed by atoms with van der Waals surface area (Å²) in [6, 6.07) is 19.9. The van der Waals surface area contributed by atoms with Crippen LogP contribution in [0.25, 0.3) is 0 Å². The van der Waals surface area contributed by atoms with E-state index in [1.165, 1.54) is 7.11 Å². The number of unbranched alkanes of at least 4 members (excludes halogenated alkanes) is 2. The lowest BCUT2D eigenvalue weighted by molar-refractivity contribution is 0.0596. The summed E-state index contributed by atoms with van der Waals surface area (Å²) in [5, 5.41) is 18.9. The first-order chi connectivity index (χ1) is 17.8. The minimum atomic E-state index is -0.879. The molecule has 0 aliphatic heterocycles. The van der Waals surface area contributed by atoms with E-state index in [0.717, 1.165) is 44.5 Å². The highest BCUT2D eigenvalue weighted by atomic mass is 16.5. The van der Waals surface area contributed by atoms with Gasteiger partial charge in [-0.2, -0.15) is 0 Å². The van der Waals surface area contributed by atoms with Crippen molar-refractivity contribution in [1.82, 2.24) is 0 Å². The molecule has 3 rings (SSSR count). The molecule has 7 nitrogen and oxygen atoms in total. The Balaban J connectivity index is 0.000000449. The Labute approximate surface area is 218 Å². The number of carboxylic acid groups (broad SMARTS) is 1. The number of phenolic OH excluding ortho intramolecular Hbond substituents is 1. The monoisotopic (exact) mass is 505 g/mol. The molecule has 0 unspecified atom stereocenters. The largest absolute Gasteiger partial charge is 0.507 e. The second kappa shape index (κ2) is 15.1. The molecule has 0 bridgehead atoms. The SMILES string of the molecule is CCCCN(CCCC)c1ccc(C(=O)c2ccccc2C(=O)OC)c(O)c1.O=C(O)c1ccccc1. The maximum atomic E-state index is 13.0. The minimum absolute atomic E-state index is 0.0832. The fourth-order valence-corrected chi connectivity index (χ4v) is 3.67. The first kappa shape index (κ1) is 29.1. The molecule has 0 saturated heterocycles. The lowest BCUT2D eigenvalue weighted by Crippen LogP contribution is -2.25. The molecule has 0 saturated carbocycles. The van der Waals surface area contributed by atoms with Gasteiger partial charge in [-0.25, -0.2) is 9.59 Å². The number of carbonyl (C=O) groups is 3. The van der Waals surface area contributed by atoms with E-state index in [0.29, 0.717) is 5.56 Å². The van der Waals surface area contributed by atoms with Gasteiger partial charge in [0.2, 0.25) is 0 Å². The van der Waals surface area contributed by atoms with Gasteiger partial charge in [0.05, 0.1) is 23.8 Å². The Kier molecular flexibility index (Phi) is 11.9. The second-order valence-electron chi connectivity index (χ2n) is 8.43. The van der Waals surface area contributed by atoms with Gasteiger partial charge in [0.1, 0.15) is 5.75 Å². The Hall–Kier alpha value is -4.13. The number of carbonyl (C=O) groups excluding carboxylic acids is 2. The van der Waals surface area contributed by atoms with Crippen LogP contribution in [0.5, 0.6) is 5.75 Å². The van der Waals surface area contributed by atoms with Crippen LogP contribution < -0.4 is 4.90 Å². The van der Waals surface area contributed by atoms with Crippen LogP contribution in [0.15, 0.2) is 72.8 Å². The number of aromatic hydroxyl groups is 1. The van der Waals surface area contributed by atoms with Crippen molar-refractivity contribution in [2.24, 2.45) is 0 Å². The zero-order valence-corrected chi connectivity index (χ0v) is 21.6. The van der Waals surface area contributed by atoms with Gasteiger partial charge in [0, 0.05) is 30.4 Å². The summed E-state index contributed by atoms with van der Waals surface area (Å²) in [6.07, 6.45) is 4.32. The smallest absolute Gasteiger partial charge is 0.338 e. The topological polar surface area (TPSA) is 104 Å². The second-order valence-corrected chi connectivity index (χ2v) is 8.43. The number of hydrogen-bond acceptors (Lipinski definition) is 6. The van der Waals surface area contributed by atoms with Crippen molar-refractivity contribution in [3.8, 4) is 5.75 Å². The Bertz CT molecular complexity index is 1170. The van der Waals surface area contributed by atoms with Gasteiger partial charge >= 0.3 is 11.9 Å². The molecule has 0 amide bonds. The van der Waals surface area contributed by atoms with Crippen LogP contribution in [-0.4, -0.2) is 48.1 Å². The van der Waals surface area contributed by atoms with E-state index in [-0.39, 0.29) is 22.4 Å². The van der Waals surface area contributed by atoms with Crippen molar-refractivity contribution in [2.45, 2.75) is 39.5 Å². The van der Waals surface area contributed by atoms with Crippen molar-refractivity contribution >= 4 is 23.4 Å². The molecule has 0 fully saturated rings. The number of methoxy groups -OCH3 is 1. The maximum Gasteiger partial charge on any atom is 0.338 e. The maximum absolute atomic E-state index is 13.0. The third kappa shape index (κ3) is 8.49. The lowest BCUT2D eigenvalue weighted by atomic mass is 9.97. The molecule has 0 heterocycles. The summed E-state index contributed by atoms with van der Waals surface area (Å²) >= 11 is 0. The fraction of sp³-hybridized carbons (Fsp3) is 0.300. The highest BCUT2D eigenvalue weighted by Crippen LogP contribution is 2.28. The first-order valence-electron chi connectivity index (χ1n) is 12.4. The van der Waals surface area contributed by atoms with Gasteiger partial charge in [-0.15, -0.1) is 0 Å². The van der Waals surface area contributed by atoms with Crippen molar-refractivity contribution in [1.29, 1.82) is 0 Å². The van der Waals surface area contributed by atoms with E-state index in [4.69, 9.17) is 9.84 Å². The number of hydrogen-bond donors (Lipinski definition) is 2. The third-order valence-electron chi connectivity index (χ3n) is 5.75. The number of ether oxygens (including phenoxy) is 1. The van der Waals surface area contributed by atoms with Crippen molar-refractivity contribution < 1.29 is 29.3 Å². The number of phenols is 1. The van der Waals surface area contributed by atoms with Gasteiger partial charge in [-0.05, 0) is 43.2 Å². The van der Waals surface area contributed by atoms with Crippen LogP contribution >= 0.6 is 0 Å². The molecule has 3 aromatic rings. The number of rotatable bonds is 11. The predicted octanol–water partition coefficient (Wildman–Crippen LogP) is 6.20. The number of ketones is 1. The van der Waals surface area contributed by atoms with Gasteiger partial charge < -0.3 is 19.8 Å².